The molecule has 24 heavy (non-hydrogen) atoms. The second kappa shape index (κ2) is 7.27. The second-order valence-corrected chi connectivity index (χ2v) is 6.08. The van der Waals surface area contributed by atoms with Crippen molar-refractivity contribution in [3.05, 3.63) is 65.2 Å². The number of aromatic nitrogens is 1. The number of nitrogens with zero attached hydrogens (tertiary/aromatic N) is 1. The second-order valence-electron chi connectivity index (χ2n) is 5.22. The third-order valence-corrected chi connectivity index (χ3v) is 4.45. The molecule has 4 nitrogen and oxygen atoms in total. The SMILES string of the molecule is COc1cccc(-c2nc(COc3ccccc3C(C)=O)cs2)c1. The first-order chi connectivity index (χ1) is 11.7. The van der Waals surface area contributed by atoms with Gasteiger partial charge in [0.25, 0.3) is 0 Å². The highest BCUT2D eigenvalue weighted by molar-refractivity contribution is 7.13. The molecule has 0 radical (unpaired) electrons. The lowest BCUT2D eigenvalue weighted by atomic mass is 10.1. The normalized spacial score (nSPS) is 10.4. The predicted octanol–water partition coefficient (Wildman–Crippen LogP) is 4.60. The van der Waals surface area contributed by atoms with Gasteiger partial charge in [-0.2, -0.15) is 0 Å². The zero-order chi connectivity index (χ0) is 16.9. The van der Waals surface area contributed by atoms with E-state index in [2.05, 4.69) is 4.98 Å². The summed E-state index contributed by atoms with van der Waals surface area (Å²) in [7, 11) is 1.65. The zero-order valence-electron chi connectivity index (χ0n) is 13.5. The number of para-hydroxylation sites is 1. The third-order valence-electron chi connectivity index (χ3n) is 3.51. The number of thiazole rings is 1. The van der Waals surface area contributed by atoms with Gasteiger partial charge in [0.2, 0.25) is 0 Å². The lowest BCUT2D eigenvalue weighted by molar-refractivity contribution is 0.101. The van der Waals surface area contributed by atoms with Gasteiger partial charge in [-0.1, -0.05) is 24.3 Å². The number of Topliss-reactive ketones (excluding diaryl/α,β-unsaturated/α-hetero) is 1. The number of benzene rings is 2. The summed E-state index contributed by atoms with van der Waals surface area (Å²) in [5.74, 6) is 1.37. The topological polar surface area (TPSA) is 48.4 Å². The first-order valence-corrected chi connectivity index (χ1v) is 8.37. The summed E-state index contributed by atoms with van der Waals surface area (Å²) in [5, 5.41) is 2.87. The molecular formula is C19H17NO3S. The molecule has 0 bridgehead atoms. The Labute approximate surface area is 144 Å². The van der Waals surface area contributed by atoms with Crippen LogP contribution in [0.4, 0.5) is 0 Å². The van der Waals surface area contributed by atoms with Crippen LogP contribution in [0.15, 0.2) is 53.9 Å². The third kappa shape index (κ3) is 3.63. The Hall–Kier alpha value is -2.66. The molecule has 0 unspecified atom stereocenters. The Morgan fingerprint density at radius 3 is 2.79 bits per heavy atom. The van der Waals surface area contributed by atoms with Crippen molar-refractivity contribution in [2.24, 2.45) is 0 Å². The maximum atomic E-state index is 11.6. The Balaban J connectivity index is 1.74. The molecule has 1 aromatic heterocycles. The maximum Gasteiger partial charge on any atom is 0.163 e. The Morgan fingerprint density at radius 1 is 1.17 bits per heavy atom. The Bertz CT molecular complexity index is 857. The number of ether oxygens (including phenoxy) is 2. The van der Waals surface area contributed by atoms with Crippen molar-refractivity contribution >= 4 is 17.1 Å². The van der Waals surface area contributed by atoms with Crippen molar-refractivity contribution in [3.8, 4) is 22.1 Å². The fraction of sp³-hybridized carbons (Fsp3) is 0.158. The van der Waals surface area contributed by atoms with E-state index in [0.717, 1.165) is 22.0 Å². The number of ketones is 1. The summed E-state index contributed by atoms with van der Waals surface area (Å²) >= 11 is 1.55. The quantitative estimate of drug-likeness (QED) is 0.616. The molecule has 0 amide bonds. The number of methoxy groups -OCH3 is 1. The zero-order valence-corrected chi connectivity index (χ0v) is 14.3. The van der Waals surface area contributed by atoms with E-state index in [0.29, 0.717) is 17.9 Å². The summed E-state index contributed by atoms with van der Waals surface area (Å²) in [6.45, 7) is 1.86. The minimum absolute atomic E-state index is 0.0130. The van der Waals surface area contributed by atoms with Crippen molar-refractivity contribution in [1.82, 2.24) is 4.98 Å². The Kier molecular flexibility index (Phi) is 4.91. The molecular weight excluding hydrogens is 322 g/mol. The molecule has 2 aromatic carbocycles. The van der Waals surface area contributed by atoms with E-state index in [1.165, 1.54) is 6.92 Å². The van der Waals surface area contributed by atoms with Crippen LogP contribution in [0.25, 0.3) is 10.6 Å². The Morgan fingerprint density at radius 2 is 2.00 bits per heavy atom. The van der Waals surface area contributed by atoms with Crippen LogP contribution in [0.1, 0.15) is 23.0 Å². The molecule has 122 valence electrons. The summed E-state index contributed by atoms with van der Waals surface area (Å²) in [6.07, 6.45) is 0. The van der Waals surface area contributed by atoms with Crippen molar-refractivity contribution < 1.29 is 14.3 Å². The van der Waals surface area contributed by atoms with Gasteiger partial charge in [-0.3, -0.25) is 4.79 Å². The van der Waals surface area contributed by atoms with Gasteiger partial charge in [-0.15, -0.1) is 11.3 Å². The molecule has 3 aromatic rings. The minimum Gasteiger partial charge on any atom is -0.497 e. The molecule has 1 heterocycles. The van der Waals surface area contributed by atoms with Gasteiger partial charge in [-0.05, 0) is 31.2 Å². The fourth-order valence-electron chi connectivity index (χ4n) is 2.30. The summed E-state index contributed by atoms with van der Waals surface area (Å²) in [4.78, 5) is 16.2. The maximum absolute atomic E-state index is 11.6. The monoisotopic (exact) mass is 339 g/mol. The van der Waals surface area contributed by atoms with Crippen molar-refractivity contribution in [2.75, 3.05) is 7.11 Å². The van der Waals surface area contributed by atoms with E-state index in [1.807, 2.05) is 41.8 Å². The first kappa shape index (κ1) is 16.2. The standard InChI is InChI=1S/C19H17NO3S/c1-13(21)17-8-3-4-9-18(17)23-11-15-12-24-19(20-15)14-6-5-7-16(10-14)22-2/h3-10,12H,11H2,1-2H3. The van der Waals surface area contributed by atoms with Crippen LogP contribution < -0.4 is 9.47 Å². The molecule has 3 rings (SSSR count). The van der Waals surface area contributed by atoms with Crippen LogP contribution in [0.5, 0.6) is 11.5 Å². The number of rotatable bonds is 6. The first-order valence-electron chi connectivity index (χ1n) is 7.49. The smallest absolute Gasteiger partial charge is 0.163 e. The molecule has 0 atom stereocenters. The molecule has 0 spiro atoms. The van der Waals surface area contributed by atoms with E-state index < -0.39 is 0 Å². The van der Waals surface area contributed by atoms with E-state index in [-0.39, 0.29) is 5.78 Å². The molecule has 0 aliphatic heterocycles. The molecule has 5 heteroatoms. The highest BCUT2D eigenvalue weighted by atomic mass is 32.1. The number of carbonyl (C=O) groups excluding carboxylic acids is 1. The van der Waals surface area contributed by atoms with E-state index >= 15 is 0 Å². The van der Waals surface area contributed by atoms with Gasteiger partial charge < -0.3 is 9.47 Å². The summed E-state index contributed by atoms with van der Waals surface area (Å²) in [6, 6.07) is 15.0. The summed E-state index contributed by atoms with van der Waals surface area (Å²) < 4.78 is 11.0. The van der Waals surface area contributed by atoms with Gasteiger partial charge in [0.05, 0.1) is 18.4 Å². The average Bonchev–Trinajstić information content (AvgIpc) is 3.09. The van der Waals surface area contributed by atoms with Crippen LogP contribution in [-0.2, 0) is 6.61 Å². The van der Waals surface area contributed by atoms with Gasteiger partial charge in [0.15, 0.2) is 5.78 Å². The van der Waals surface area contributed by atoms with E-state index in [9.17, 15) is 4.79 Å². The predicted molar refractivity (Wildman–Crippen MR) is 94.9 cm³/mol. The highest BCUT2D eigenvalue weighted by Gasteiger charge is 2.10. The number of carbonyl (C=O) groups is 1. The molecule has 0 fully saturated rings. The van der Waals surface area contributed by atoms with Gasteiger partial charge >= 0.3 is 0 Å². The highest BCUT2D eigenvalue weighted by Crippen LogP contribution is 2.27. The van der Waals surface area contributed by atoms with Gasteiger partial charge in [0.1, 0.15) is 23.1 Å². The van der Waals surface area contributed by atoms with Crippen molar-refractivity contribution in [3.63, 3.8) is 0 Å². The van der Waals surface area contributed by atoms with Crippen molar-refractivity contribution in [1.29, 1.82) is 0 Å². The molecule has 0 aliphatic carbocycles. The summed E-state index contributed by atoms with van der Waals surface area (Å²) in [5.41, 5.74) is 2.42. The van der Waals surface area contributed by atoms with Crippen LogP contribution in [0.3, 0.4) is 0 Å². The number of hydrogen-bond donors (Lipinski definition) is 0. The number of hydrogen-bond acceptors (Lipinski definition) is 5. The van der Waals surface area contributed by atoms with Crippen LogP contribution in [-0.4, -0.2) is 17.9 Å². The van der Waals surface area contributed by atoms with Gasteiger partial charge in [0, 0.05) is 10.9 Å². The minimum atomic E-state index is -0.0130. The molecule has 0 saturated heterocycles. The van der Waals surface area contributed by atoms with Crippen LogP contribution in [0.2, 0.25) is 0 Å². The molecule has 0 aliphatic rings. The van der Waals surface area contributed by atoms with Crippen LogP contribution >= 0.6 is 11.3 Å². The van der Waals surface area contributed by atoms with Crippen molar-refractivity contribution in [2.45, 2.75) is 13.5 Å². The lowest BCUT2D eigenvalue weighted by Crippen LogP contribution is -2.01. The van der Waals surface area contributed by atoms with Gasteiger partial charge in [-0.25, -0.2) is 4.98 Å². The van der Waals surface area contributed by atoms with Crippen LogP contribution in [0, 0.1) is 0 Å². The fourth-order valence-corrected chi connectivity index (χ4v) is 3.10. The average molecular weight is 339 g/mol. The van der Waals surface area contributed by atoms with E-state index in [4.69, 9.17) is 9.47 Å². The largest absolute Gasteiger partial charge is 0.497 e. The molecule has 0 N–H and O–H groups in total. The lowest BCUT2D eigenvalue weighted by Gasteiger charge is -2.08. The molecule has 0 saturated carbocycles. The van der Waals surface area contributed by atoms with E-state index in [1.54, 1.807) is 30.6 Å².